The predicted molar refractivity (Wildman–Crippen MR) is 98.6 cm³/mol. The Kier molecular flexibility index (Phi) is 4.48. The van der Waals surface area contributed by atoms with Crippen molar-refractivity contribution in [2.75, 3.05) is 37.7 Å². The van der Waals surface area contributed by atoms with Gasteiger partial charge in [0.05, 0.1) is 29.8 Å². The van der Waals surface area contributed by atoms with Crippen LogP contribution >= 0.6 is 11.9 Å². The van der Waals surface area contributed by atoms with Gasteiger partial charge in [-0.05, 0) is 36.9 Å². The van der Waals surface area contributed by atoms with Gasteiger partial charge in [-0.3, -0.25) is 4.90 Å². The molecule has 2 saturated heterocycles. The van der Waals surface area contributed by atoms with Crippen molar-refractivity contribution >= 4 is 29.2 Å². The van der Waals surface area contributed by atoms with E-state index in [0.29, 0.717) is 36.3 Å². The molecule has 1 saturated carbocycles. The van der Waals surface area contributed by atoms with Gasteiger partial charge in [0.25, 0.3) is 0 Å². The number of benzene rings is 1. The molecule has 1 N–H and O–H groups in total. The number of alkyl halides is 3. The van der Waals surface area contributed by atoms with Gasteiger partial charge in [-0.15, -0.1) is 0 Å². The van der Waals surface area contributed by atoms with E-state index in [1.165, 1.54) is 29.0 Å². The third-order valence-corrected chi connectivity index (χ3v) is 6.56. The van der Waals surface area contributed by atoms with E-state index >= 15 is 0 Å². The lowest BCUT2D eigenvalue weighted by Crippen LogP contribution is -2.64. The van der Waals surface area contributed by atoms with Gasteiger partial charge >= 0.3 is 6.18 Å². The highest BCUT2D eigenvalue weighted by molar-refractivity contribution is 7.98. The Morgan fingerprint density at radius 3 is 2.61 bits per heavy atom. The molecule has 5 rings (SSSR count). The summed E-state index contributed by atoms with van der Waals surface area (Å²) in [6.45, 7) is 1.45. The molecule has 0 bridgehead atoms. The minimum Gasteiger partial charge on any atom is -0.378 e. The van der Waals surface area contributed by atoms with Crippen molar-refractivity contribution in [2.24, 2.45) is 10.9 Å². The number of fused-ring (bicyclic) bond motifs is 1. The molecule has 152 valence electrons. The Morgan fingerprint density at radius 1 is 1.18 bits per heavy atom. The maximum absolute atomic E-state index is 14.2. The number of hydrogen-bond acceptors (Lipinski definition) is 6. The zero-order chi connectivity index (χ0) is 19.5. The third kappa shape index (κ3) is 3.35. The number of anilines is 1. The van der Waals surface area contributed by atoms with Crippen molar-refractivity contribution in [1.29, 1.82) is 0 Å². The van der Waals surface area contributed by atoms with Gasteiger partial charge in [-0.1, -0.05) is 0 Å². The molecular weight excluding hydrogens is 396 g/mol. The van der Waals surface area contributed by atoms with E-state index in [4.69, 9.17) is 4.74 Å². The second-order valence-corrected chi connectivity index (χ2v) is 8.53. The highest BCUT2D eigenvalue weighted by Crippen LogP contribution is 2.46. The molecule has 10 heteroatoms. The average Bonchev–Trinajstić information content (AvgIpc) is 3.43. The second kappa shape index (κ2) is 6.77. The van der Waals surface area contributed by atoms with Gasteiger partial charge in [-0.25, -0.2) is 9.38 Å². The number of rotatable bonds is 3. The minimum atomic E-state index is -4.43. The van der Waals surface area contributed by atoms with Crippen molar-refractivity contribution in [1.82, 2.24) is 9.62 Å². The number of ether oxygens (including phenoxy) is 1. The number of piperazine rings is 1. The van der Waals surface area contributed by atoms with E-state index in [9.17, 15) is 17.6 Å². The van der Waals surface area contributed by atoms with Crippen LogP contribution in [-0.2, 0) is 4.74 Å². The molecule has 0 spiro atoms. The smallest absolute Gasteiger partial charge is 0.378 e. The molecule has 4 aliphatic rings. The van der Waals surface area contributed by atoms with Crippen LogP contribution in [0.5, 0.6) is 0 Å². The standard InChI is InChI=1S/C18H20F4N4OS/c19-11-5-13(16-14(6-11)28-24-17(23-16)10-1-2-10)26-4-3-25(12-8-27-9-12)7-15(26)18(20,21)22/h5-6,10,12,15H,1-4,7-9H2,(H,23,24)/t15-/m1/s1. The first-order valence-electron chi connectivity index (χ1n) is 9.40. The summed E-state index contributed by atoms with van der Waals surface area (Å²) < 4.78 is 64.3. The van der Waals surface area contributed by atoms with Crippen molar-refractivity contribution in [2.45, 2.75) is 36.0 Å². The molecule has 1 aliphatic carbocycles. The van der Waals surface area contributed by atoms with Crippen LogP contribution in [0.25, 0.3) is 0 Å². The highest BCUT2D eigenvalue weighted by Gasteiger charge is 2.49. The summed E-state index contributed by atoms with van der Waals surface area (Å²) in [6.07, 6.45) is -2.39. The Hall–Kier alpha value is -1.52. The maximum Gasteiger partial charge on any atom is 0.409 e. The van der Waals surface area contributed by atoms with E-state index in [1.54, 1.807) is 0 Å². The van der Waals surface area contributed by atoms with Crippen LogP contribution in [-0.4, -0.2) is 61.8 Å². The number of nitrogens with zero attached hydrogens (tertiary/aromatic N) is 3. The minimum absolute atomic E-state index is 0.0349. The molecule has 0 unspecified atom stereocenters. The summed E-state index contributed by atoms with van der Waals surface area (Å²) in [6, 6.07) is 0.855. The van der Waals surface area contributed by atoms with Crippen LogP contribution in [0.4, 0.5) is 28.9 Å². The van der Waals surface area contributed by atoms with Gasteiger partial charge < -0.3 is 14.4 Å². The fraction of sp³-hybridized carbons (Fsp3) is 0.611. The van der Waals surface area contributed by atoms with Gasteiger partial charge in [0.2, 0.25) is 0 Å². The molecule has 3 fully saturated rings. The number of aliphatic imine (C=N–C) groups is 1. The summed E-state index contributed by atoms with van der Waals surface area (Å²) >= 11 is 1.23. The lowest BCUT2D eigenvalue weighted by atomic mass is 10.1. The molecule has 3 heterocycles. The van der Waals surface area contributed by atoms with Crippen molar-refractivity contribution in [3.63, 3.8) is 0 Å². The van der Waals surface area contributed by atoms with Crippen LogP contribution in [0.15, 0.2) is 22.0 Å². The fourth-order valence-corrected chi connectivity index (χ4v) is 4.73. The van der Waals surface area contributed by atoms with Crippen LogP contribution in [0.3, 0.4) is 0 Å². The SMILES string of the molecule is Fc1cc2c(c(N3CCN(C4COC4)C[C@@H]3C(F)(F)F)c1)N=C(C1CC1)NS2. The largest absolute Gasteiger partial charge is 0.409 e. The number of amidine groups is 1. The molecule has 0 aromatic heterocycles. The van der Waals surface area contributed by atoms with Gasteiger partial charge in [0, 0.05) is 25.6 Å². The first-order chi connectivity index (χ1) is 13.4. The van der Waals surface area contributed by atoms with Crippen LogP contribution in [0.1, 0.15) is 12.8 Å². The van der Waals surface area contributed by atoms with Crippen molar-refractivity contribution in [3.05, 3.63) is 17.9 Å². The summed E-state index contributed by atoms with van der Waals surface area (Å²) in [5.74, 6) is 0.551. The van der Waals surface area contributed by atoms with E-state index < -0.39 is 18.0 Å². The quantitative estimate of drug-likeness (QED) is 0.605. The molecule has 5 nitrogen and oxygen atoms in total. The Balaban J connectivity index is 1.51. The third-order valence-electron chi connectivity index (χ3n) is 5.72. The average molecular weight is 416 g/mol. The van der Waals surface area contributed by atoms with Crippen LogP contribution < -0.4 is 9.62 Å². The van der Waals surface area contributed by atoms with Crippen LogP contribution in [0.2, 0.25) is 0 Å². The summed E-state index contributed by atoms with van der Waals surface area (Å²) in [7, 11) is 0. The first kappa shape index (κ1) is 18.5. The fourth-order valence-electron chi connectivity index (χ4n) is 3.89. The zero-order valence-electron chi connectivity index (χ0n) is 15.0. The van der Waals surface area contributed by atoms with E-state index in [2.05, 4.69) is 9.71 Å². The summed E-state index contributed by atoms with van der Waals surface area (Å²) in [4.78, 5) is 8.24. The molecule has 28 heavy (non-hydrogen) atoms. The highest BCUT2D eigenvalue weighted by atomic mass is 32.2. The normalized spacial score (nSPS) is 26.4. The van der Waals surface area contributed by atoms with Gasteiger partial charge in [-0.2, -0.15) is 13.2 Å². The molecular formula is C18H20F4N4OS. The Morgan fingerprint density at radius 2 is 1.96 bits per heavy atom. The zero-order valence-corrected chi connectivity index (χ0v) is 15.8. The van der Waals surface area contributed by atoms with E-state index in [0.717, 1.165) is 18.7 Å². The number of hydrogen-bond donors (Lipinski definition) is 1. The maximum atomic E-state index is 14.2. The van der Waals surface area contributed by atoms with E-state index in [-0.39, 0.29) is 24.8 Å². The van der Waals surface area contributed by atoms with E-state index in [1.807, 2.05) is 4.90 Å². The molecule has 1 atom stereocenters. The monoisotopic (exact) mass is 416 g/mol. The lowest BCUT2D eigenvalue weighted by Gasteiger charge is -2.48. The van der Waals surface area contributed by atoms with Crippen molar-refractivity contribution in [3.8, 4) is 0 Å². The number of nitrogens with one attached hydrogen (secondary N) is 1. The molecule has 1 aromatic carbocycles. The summed E-state index contributed by atoms with van der Waals surface area (Å²) in [5.41, 5.74) is 0.677. The Bertz CT molecular complexity index is 810. The van der Waals surface area contributed by atoms with Crippen molar-refractivity contribution < 1.29 is 22.3 Å². The predicted octanol–water partition coefficient (Wildman–Crippen LogP) is 3.33. The number of halogens is 4. The Labute approximate surface area is 164 Å². The van der Waals surface area contributed by atoms with Crippen LogP contribution in [0, 0.1) is 11.7 Å². The lowest BCUT2D eigenvalue weighted by molar-refractivity contribution is -0.165. The molecule has 0 radical (unpaired) electrons. The van der Waals surface area contributed by atoms with Gasteiger partial charge in [0.1, 0.15) is 23.4 Å². The molecule has 3 aliphatic heterocycles. The molecule has 1 aromatic rings. The molecule has 0 amide bonds. The summed E-state index contributed by atoms with van der Waals surface area (Å²) in [5, 5.41) is 0. The first-order valence-corrected chi connectivity index (χ1v) is 10.2. The van der Waals surface area contributed by atoms with Gasteiger partial charge in [0.15, 0.2) is 0 Å². The topological polar surface area (TPSA) is 40.1 Å². The second-order valence-electron chi connectivity index (χ2n) is 7.68.